The number of alkyl halides is 3. The van der Waals surface area contributed by atoms with Crippen LogP contribution in [0.4, 0.5) is 13.2 Å². The molecule has 178 valence electrons. The fraction of sp³-hybridized carbons (Fsp3) is 0.542. The van der Waals surface area contributed by atoms with E-state index in [1.54, 1.807) is 6.08 Å². The number of aliphatic carboxylic acids is 1. The Morgan fingerprint density at radius 1 is 1.31 bits per heavy atom. The summed E-state index contributed by atoms with van der Waals surface area (Å²) in [6.07, 6.45) is 4.01. The second-order valence-corrected chi connectivity index (χ2v) is 8.30. The first-order chi connectivity index (χ1) is 15.1. The third-order valence-corrected chi connectivity index (χ3v) is 5.73. The minimum atomic E-state index is -4.46. The summed E-state index contributed by atoms with van der Waals surface area (Å²) in [6, 6.07) is 4.50. The number of rotatable bonds is 11. The van der Waals surface area contributed by atoms with Crippen molar-refractivity contribution in [2.75, 3.05) is 6.61 Å². The second-order valence-electron chi connectivity index (χ2n) is 8.30. The van der Waals surface area contributed by atoms with E-state index in [0.717, 1.165) is 12.1 Å². The lowest BCUT2D eigenvalue weighted by atomic mass is 9.87. The summed E-state index contributed by atoms with van der Waals surface area (Å²) in [4.78, 5) is 10.5. The lowest BCUT2D eigenvalue weighted by Crippen LogP contribution is -2.20. The summed E-state index contributed by atoms with van der Waals surface area (Å²) < 4.78 is 43.7. The van der Waals surface area contributed by atoms with Crippen LogP contribution in [0.2, 0.25) is 0 Å². The van der Waals surface area contributed by atoms with Crippen LogP contribution in [0.15, 0.2) is 48.6 Å². The summed E-state index contributed by atoms with van der Waals surface area (Å²) in [5, 5.41) is 29.2. The second kappa shape index (κ2) is 12.1. The number of unbranched alkanes of at least 4 members (excludes halogenated alkanes) is 1. The molecule has 1 aromatic carbocycles. The van der Waals surface area contributed by atoms with Gasteiger partial charge in [-0.2, -0.15) is 13.2 Å². The zero-order valence-electron chi connectivity index (χ0n) is 18.0. The van der Waals surface area contributed by atoms with Crippen molar-refractivity contribution in [2.24, 2.45) is 17.8 Å². The fourth-order valence-electron chi connectivity index (χ4n) is 4.04. The van der Waals surface area contributed by atoms with Crippen LogP contribution >= 0.6 is 0 Å². The molecule has 5 atom stereocenters. The van der Waals surface area contributed by atoms with E-state index in [-0.39, 0.29) is 36.5 Å². The van der Waals surface area contributed by atoms with Gasteiger partial charge in [-0.05, 0) is 61.6 Å². The number of aliphatic hydroxyl groups is 2. The molecule has 1 aromatic rings. The Morgan fingerprint density at radius 2 is 2.06 bits per heavy atom. The molecule has 32 heavy (non-hydrogen) atoms. The van der Waals surface area contributed by atoms with Gasteiger partial charge in [-0.15, -0.1) is 0 Å². The molecule has 0 aromatic heterocycles. The van der Waals surface area contributed by atoms with Crippen LogP contribution in [-0.2, 0) is 11.0 Å². The van der Waals surface area contributed by atoms with E-state index in [0.29, 0.717) is 25.7 Å². The van der Waals surface area contributed by atoms with Crippen molar-refractivity contribution >= 4 is 5.97 Å². The molecule has 0 saturated heterocycles. The first-order valence-electron chi connectivity index (χ1n) is 10.8. The van der Waals surface area contributed by atoms with Gasteiger partial charge >= 0.3 is 12.1 Å². The molecule has 0 spiro atoms. The van der Waals surface area contributed by atoms with Gasteiger partial charge in [-0.25, -0.2) is 0 Å². The van der Waals surface area contributed by atoms with Gasteiger partial charge in [0, 0.05) is 6.42 Å². The molecule has 1 saturated carbocycles. The predicted octanol–water partition coefficient (Wildman–Crippen LogP) is 4.84. The summed E-state index contributed by atoms with van der Waals surface area (Å²) >= 11 is 0. The van der Waals surface area contributed by atoms with Crippen LogP contribution in [0.25, 0.3) is 0 Å². The van der Waals surface area contributed by atoms with E-state index in [1.165, 1.54) is 12.1 Å². The lowest BCUT2D eigenvalue weighted by Gasteiger charge is -2.20. The van der Waals surface area contributed by atoms with Crippen molar-refractivity contribution in [3.8, 4) is 5.75 Å². The molecule has 1 fully saturated rings. The molecule has 0 aliphatic heterocycles. The standard InChI is InChI=1S/C24H31F3O5/c1-16-13-22(29)21(9-4-2-3-5-10-23(30)31)20(16)12-11-18(28)15-32-19-8-6-7-17(14-19)24(25,26)27/h2,4,6-8,11-12,14,16,18,20-22,28-29H,3,5,9-10,13,15H2,1H3,(H,30,31)/b4-2-,12-11+/t16-,18-,20-,21-,22+/m1/s1. The Hall–Kier alpha value is -2.32. The van der Waals surface area contributed by atoms with Crippen LogP contribution in [0.1, 0.15) is 44.6 Å². The summed E-state index contributed by atoms with van der Waals surface area (Å²) in [5.41, 5.74) is -0.812. The number of hydrogen-bond donors (Lipinski definition) is 3. The van der Waals surface area contributed by atoms with Gasteiger partial charge in [0.25, 0.3) is 0 Å². The number of carbonyl (C=O) groups is 1. The van der Waals surface area contributed by atoms with Crippen LogP contribution in [-0.4, -0.2) is 40.1 Å². The normalized spacial score (nSPS) is 24.9. The van der Waals surface area contributed by atoms with Gasteiger partial charge < -0.3 is 20.1 Å². The summed E-state index contributed by atoms with van der Waals surface area (Å²) in [5.74, 6) is -0.559. The zero-order valence-corrected chi connectivity index (χ0v) is 18.0. The zero-order chi connectivity index (χ0) is 23.7. The van der Waals surface area contributed by atoms with Gasteiger partial charge in [-0.1, -0.05) is 37.3 Å². The molecule has 0 radical (unpaired) electrons. The highest BCUT2D eigenvalue weighted by Crippen LogP contribution is 2.40. The molecule has 1 aliphatic carbocycles. The molecule has 0 amide bonds. The molecule has 1 aliphatic rings. The smallest absolute Gasteiger partial charge is 0.416 e. The van der Waals surface area contributed by atoms with Crippen LogP contribution < -0.4 is 4.74 Å². The predicted molar refractivity (Wildman–Crippen MR) is 114 cm³/mol. The SMILES string of the molecule is C[C@@H]1C[C@H](O)[C@H](C/C=C\CCCC(=O)O)[C@@H]1/C=C/[C@@H](O)COc1cccc(C(F)(F)F)c1. The average Bonchev–Trinajstić information content (AvgIpc) is 2.99. The lowest BCUT2D eigenvalue weighted by molar-refractivity contribution is -0.138. The highest BCUT2D eigenvalue weighted by molar-refractivity contribution is 5.66. The maximum atomic E-state index is 12.8. The Labute approximate surface area is 186 Å². The van der Waals surface area contributed by atoms with Crippen molar-refractivity contribution in [1.29, 1.82) is 0 Å². The van der Waals surface area contributed by atoms with Crippen molar-refractivity contribution in [1.82, 2.24) is 0 Å². The van der Waals surface area contributed by atoms with Gasteiger partial charge in [0.05, 0.1) is 11.7 Å². The Balaban J connectivity index is 1.87. The van der Waals surface area contributed by atoms with Crippen molar-refractivity contribution in [2.45, 2.75) is 57.4 Å². The molecular formula is C24H31F3O5. The number of allylic oxidation sites excluding steroid dienone is 3. The van der Waals surface area contributed by atoms with E-state index < -0.39 is 29.9 Å². The maximum Gasteiger partial charge on any atom is 0.416 e. The fourth-order valence-corrected chi connectivity index (χ4v) is 4.04. The molecule has 0 bridgehead atoms. The van der Waals surface area contributed by atoms with E-state index in [9.17, 15) is 28.2 Å². The summed E-state index contributed by atoms with van der Waals surface area (Å²) in [6.45, 7) is 1.84. The largest absolute Gasteiger partial charge is 0.491 e. The third kappa shape index (κ3) is 8.31. The molecular weight excluding hydrogens is 425 g/mol. The molecule has 5 nitrogen and oxygen atoms in total. The number of halogens is 3. The Bertz CT molecular complexity index is 790. The third-order valence-electron chi connectivity index (χ3n) is 5.73. The number of carboxylic acid groups (broad SMARTS) is 1. The topological polar surface area (TPSA) is 87.0 Å². The van der Waals surface area contributed by atoms with E-state index in [1.807, 2.05) is 25.2 Å². The van der Waals surface area contributed by atoms with Crippen LogP contribution in [0.5, 0.6) is 5.75 Å². The number of benzene rings is 1. The van der Waals surface area contributed by atoms with Gasteiger partial charge in [0.15, 0.2) is 0 Å². The van der Waals surface area contributed by atoms with Crippen LogP contribution in [0, 0.1) is 17.8 Å². The van der Waals surface area contributed by atoms with Crippen LogP contribution in [0.3, 0.4) is 0 Å². The number of aliphatic hydroxyl groups excluding tert-OH is 2. The molecule has 3 N–H and O–H groups in total. The number of ether oxygens (including phenoxy) is 1. The highest BCUT2D eigenvalue weighted by atomic mass is 19.4. The summed E-state index contributed by atoms with van der Waals surface area (Å²) in [7, 11) is 0. The molecule has 0 heterocycles. The monoisotopic (exact) mass is 456 g/mol. The maximum absolute atomic E-state index is 12.8. The van der Waals surface area contributed by atoms with Gasteiger partial charge in [-0.3, -0.25) is 4.79 Å². The van der Waals surface area contributed by atoms with E-state index in [2.05, 4.69) is 0 Å². The average molecular weight is 457 g/mol. The number of carboxylic acids is 1. The molecule has 0 unspecified atom stereocenters. The van der Waals surface area contributed by atoms with Crippen molar-refractivity contribution < 1.29 is 38.0 Å². The first kappa shape index (κ1) is 25.9. The Morgan fingerprint density at radius 3 is 2.75 bits per heavy atom. The van der Waals surface area contributed by atoms with E-state index in [4.69, 9.17) is 9.84 Å². The van der Waals surface area contributed by atoms with E-state index >= 15 is 0 Å². The van der Waals surface area contributed by atoms with Crippen molar-refractivity contribution in [3.63, 3.8) is 0 Å². The quantitative estimate of drug-likeness (QED) is 0.328. The Kier molecular flexibility index (Phi) is 9.78. The molecule has 8 heteroatoms. The molecule has 2 rings (SSSR count). The van der Waals surface area contributed by atoms with Gasteiger partial charge in [0.1, 0.15) is 18.5 Å². The van der Waals surface area contributed by atoms with Crippen molar-refractivity contribution in [3.05, 3.63) is 54.1 Å². The first-order valence-corrected chi connectivity index (χ1v) is 10.8. The minimum absolute atomic E-state index is 0.0199. The van der Waals surface area contributed by atoms with Gasteiger partial charge in [0.2, 0.25) is 0 Å². The number of hydrogen-bond acceptors (Lipinski definition) is 4. The highest BCUT2D eigenvalue weighted by Gasteiger charge is 2.37. The minimum Gasteiger partial charge on any atom is -0.491 e.